The zero-order valence-electron chi connectivity index (χ0n) is 11.7. The number of rotatable bonds is 8. The Bertz CT molecular complexity index is 341. The van der Waals surface area contributed by atoms with E-state index in [1.807, 2.05) is 0 Å². The monoisotopic (exact) mass is 506 g/mol. The maximum absolute atomic E-state index is 3.40. The van der Waals surface area contributed by atoms with Crippen molar-refractivity contribution in [1.82, 2.24) is 0 Å². The van der Waals surface area contributed by atoms with Crippen molar-refractivity contribution in [3.63, 3.8) is 0 Å². The van der Waals surface area contributed by atoms with E-state index in [0.29, 0.717) is 0 Å². The molecule has 0 amide bonds. The van der Waals surface area contributed by atoms with Crippen LogP contribution in [-0.4, -0.2) is 76.9 Å². The Labute approximate surface area is 154 Å². The van der Waals surface area contributed by atoms with Crippen molar-refractivity contribution in [2.45, 2.75) is 53.2 Å². The second-order valence-corrected chi connectivity index (χ2v) is 13.7. The third kappa shape index (κ3) is 5.89. The number of hydrogen-bond acceptors (Lipinski definition) is 2. The molecule has 0 bridgehead atoms. The molecule has 0 aliphatic carbocycles. The summed E-state index contributed by atoms with van der Waals surface area (Å²) in [6.07, 6.45) is 6.97. The van der Waals surface area contributed by atoms with E-state index in [1.165, 1.54) is 54.2 Å². The number of thioether (sulfide) groups is 2. The molecular weight excluding hydrogens is 481 g/mol. The summed E-state index contributed by atoms with van der Waals surface area (Å²) >= 11 is 12.0. The maximum atomic E-state index is 3.40. The van der Waals surface area contributed by atoms with Gasteiger partial charge in [-0.25, -0.2) is 0 Å². The van der Waals surface area contributed by atoms with E-state index in [4.69, 9.17) is 0 Å². The van der Waals surface area contributed by atoms with Crippen LogP contribution in [0.25, 0.3) is 0 Å². The molecule has 5 heteroatoms. The van der Waals surface area contributed by atoms with Crippen molar-refractivity contribution in [1.29, 1.82) is 0 Å². The van der Waals surface area contributed by atoms with Crippen LogP contribution in [0.2, 0.25) is 10.6 Å². The van der Waals surface area contributed by atoms with Gasteiger partial charge in [0.25, 0.3) is 0 Å². The Morgan fingerprint density at radius 2 is 1.45 bits per heavy atom. The molecule has 0 nitrogen and oxygen atoms in total. The summed E-state index contributed by atoms with van der Waals surface area (Å²) in [6, 6.07) is 0. The van der Waals surface area contributed by atoms with Crippen molar-refractivity contribution >= 4 is 78.5 Å². The SMILES string of the molecule is [Se]=C(CC1CS1)CC1CC[Se]CC1CC(=[Se])CC1CS1. The summed E-state index contributed by atoms with van der Waals surface area (Å²) in [7, 11) is 0. The van der Waals surface area contributed by atoms with E-state index in [1.54, 1.807) is 8.83 Å². The first-order valence-corrected chi connectivity index (χ1v) is 13.8. The van der Waals surface area contributed by atoms with Crippen molar-refractivity contribution in [2.24, 2.45) is 11.8 Å². The second-order valence-electron chi connectivity index (χ2n) is 6.19. The molecule has 4 unspecified atom stereocenters. The third-order valence-electron chi connectivity index (χ3n) is 4.33. The first-order valence-electron chi connectivity index (χ1n) is 7.55. The average Bonchev–Trinajstić information content (AvgIpc) is 3.28. The van der Waals surface area contributed by atoms with Crippen LogP contribution < -0.4 is 0 Å². The second kappa shape index (κ2) is 8.20. The van der Waals surface area contributed by atoms with Crippen LogP contribution in [0, 0.1) is 11.8 Å². The Balaban J connectivity index is 1.46. The summed E-state index contributed by atoms with van der Waals surface area (Å²) < 4.78 is 3.34. The fraction of sp³-hybridized carbons (Fsp3) is 0.867. The van der Waals surface area contributed by atoms with Gasteiger partial charge in [0.15, 0.2) is 0 Å². The first-order chi connectivity index (χ1) is 9.70. The van der Waals surface area contributed by atoms with Crippen LogP contribution in [0.1, 0.15) is 32.1 Å². The molecule has 0 saturated carbocycles. The minimum absolute atomic E-state index is 0.930. The molecule has 20 heavy (non-hydrogen) atoms. The van der Waals surface area contributed by atoms with Crippen molar-refractivity contribution in [3.8, 4) is 0 Å². The molecule has 3 aliphatic heterocycles. The van der Waals surface area contributed by atoms with Gasteiger partial charge in [-0.3, -0.25) is 0 Å². The Hall–Kier alpha value is 2.00. The molecule has 3 saturated heterocycles. The van der Waals surface area contributed by atoms with Gasteiger partial charge in [0.1, 0.15) is 0 Å². The van der Waals surface area contributed by atoms with Crippen LogP contribution in [-0.2, 0) is 0 Å². The molecule has 3 fully saturated rings. The van der Waals surface area contributed by atoms with Crippen LogP contribution in [0.5, 0.6) is 0 Å². The van der Waals surface area contributed by atoms with Gasteiger partial charge in [-0.2, -0.15) is 0 Å². The van der Waals surface area contributed by atoms with Gasteiger partial charge in [0, 0.05) is 0 Å². The van der Waals surface area contributed by atoms with Crippen LogP contribution in [0.15, 0.2) is 0 Å². The summed E-state index contributed by atoms with van der Waals surface area (Å²) in [5.74, 6) is 4.77. The molecular formula is C15H22S2Se3. The third-order valence-corrected chi connectivity index (χ3v) is 10.2. The zero-order valence-corrected chi connectivity index (χ0v) is 18.5. The Morgan fingerprint density at radius 3 is 2.00 bits per heavy atom. The van der Waals surface area contributed by atoms with Crippen molar-refractivity contribution in [3.05, 3.63) is 0 Å². The topological polar surface area (TPSA) is 0 Å². The molecule has 0 aromatic heterocycles. The van der Waals surface area contributed by atoms with Crippen LogP contribution in [0.3, 0.4) is 0 Å². The van der Waals surface area contributed by atoms with Crippen LogP contribution in [0.4, 0.5) is 0 Å². The van der Waals surface area contributed by atoms with Gasteiger partial charge in [-0.05, 0) is 0 Å². The van der Waals surface area contributed by atoms with Gasteiger partial charge >= 0.3 is 155 Å². The molecule has 0 radical (unpaired) electrons. The van der Waals surface area contributed by atoms with Gasteiger partial charge < -0.3 is 0 Å². The fourth-order valence-electron chi connectivity index (χ4n) is 2.97. The minimum atomic E-state index is 0.930. The van der Waals surface area contributed by atoms with Gasteiger partial charge in [-0.1, -0.05) is 0 Å². The summed E-state index contributed by atoms with van der Waals surface area (Å²) in [6.45, 7) is 0. The predicted octanol–water partition coefficient (Wildman–Crippen LogP) is 2.64. The molecule has 0 N–H and O–H groups in total. The Morgan fingerprint density at radius 1 is 0.900 bits per heavy atom. The molecule has 0 aromatic rings. The van der Waals surface area contributed by atoms with E-state index in [2.05, 4.69) is 54.7 Å². The molecule has 3 rings (SSSR count). The average molecular weight is 503 g/mol. The van der Waals surface area contributed by atoms with E-state index in [0.717, 1.165) is 37.3 Å². The van der Waals surface area contributed by atoms with E-state index in [9.17, 15) is 0 Å². The van der Waals surface area contributed by atoms with Gasteiger partial charge in [0.05, 0.1) is 0 Å². The van der Waals surface area contributed by atoms with Gasteiger partial charge in [-0.15, -0.1) is 0 Å². The van der Waals surface area contributed by atoms with Crippen molar-refractivity contribution < 1.29 is 0 Å². The Kier molecular flexibility index (Phi) is 6.91. The van der Waals surface area contributed by atoms with Crippen molar-refractivity contribution in [2.75, 3.05) is 11.5 Å². The number of hydrogen-bond donors (Lipinski definition) is 0. The van der Waals surface area contributed by atoms with E-state index >= 15 is 0 Å². The van der Waals surface area contributed by atoms with Crippen LogP contribution >= 0.6 is 23.5 Å². The summed E-state index contributed by atoms with van der Waals surface area (Å²) in [5, 5.41) is 4.99. The molecule has 4 atom stereocenters. The first kappa shape index (κ1) is 16.8. The summed E-state index contributed by atoms with van der Waals surface area (Å²) in [5.41, 5.74) is 0. The molecule has 3 heterocycles. The molecule has 0 aromatic carbocycles. The molecule has 0 spiro atoms. The fourth-order valence-corrected chi connectivity index (χ4v) is 9.12. The molecule has 3 aliphatic rings. The normalized spacial score (nSPS) is 35.6. The van der Waals surface area contributed by atoms with E-state index < -0.39 is 0 Å². The quantitative estimate of drug-likeness (QED) is 0.369. The standard InChI is InChI=1S/C15H22S2Se3/c18-14(5-12-7-16-12)3-10-1-2-20-9-11(10)4-15(19)6-13-8-17-13/h10-13H,1-9H2. The summed E-state index contributed by atoms with van der Waals surface area (Å²) in [4.78, 5) is 0. The van der Waals surface area contributed by atoms with E-state index in [-0.39, 0.29) is 0 Å². The predicted molar refractivity (Wildman–Crippen MR) is 99.4 cm³/mol. The zero-order chi connectivity index (χ0) is 13.9. The molecule has 112 valence electrons. The van der Waals surface area contributed by atoms with Gasteiger partial charge in [0.2, 0.25) is 0 Å².